The highest BCUT2D eigenvalue weighted by atomic mass is 35.5. The maximum Gasteiger partial charge on any atom is 0.276 e. The summed E-state index contributed by atoms with van der Waals surface area (Å²) in [7, 11) is 1.62. The SMILES string of the molecule is COCCn1cc(NC(=O)c2cncc(Cl)n2)cn1. The number of halogens is 1. The minimum absolute atomic E-state index is 0.150. The third-order valence-electron chi connectivity index (χ3n) is 2.25. The van der Waals surface area contributed by atoms with Crippen molar-refractivity contribution in [1.29, 1.82) is 0 Å². The number of carbonyl (C=O) groups is 1. The molecule has 0 aliphatic carbocycles. The van der Waals surface area contributed by atoms with Crippen molar-refractivity contribution in [3.8, 4) is 0 Å². The fraction of sp³-hybridized carbons (Fsp3) is 0.273. The van der Waals surface area contributed by atoms with Crippen molar-refractivity contribution in [1.82, 2.24) is 19.7 Å². The van der Waals surface area contributed by atoms with E-state index in [-0.39, 0.29) is 16.8 Å². The molecule has 19 heavy (non-hydrogen) atoms. The van der Waals surface area contributed by atoms with Crippen LogP contribution in [-0.4, -0.2) is 39.4 Å². The third kappa shape index (κ3) is 3.73. The van der Waals surface area contributed by atoms with Gasteiger partial charge in [0, 0.05) is 13.3 Å². The number of amides is 1. The number of nitrogens with one attached hydrogen (secondary N) is 1. The van der Waals surface area contributed by atoms with E-state index in [0.29, 0.717) is 18.8 Å². The minimum atomic E-state index is -0.388. The van der Waals surface area contributed by atoms with Crippen LogP contribution in [0.5, 0.6) is 0 Å². The normalized spacial score (nSPS) is 10.4. The van der Waals surface area contributed by atoms with Crippen molar-refractivity contribution in [2.24, 2.45) is 0 Å². The summed E-state index contributed by atoms with van der Waals surface area (Å²) in [6, 6.07) is 0. The summed E-state index contributed by atoms with van der Waals surface area (Å²) in [6.45, 7) is 1.16. The molecule has 0 aliphatic heterocycles. The van der Waals surface area contributed by atoms with Gasteiger partial charge < -0.3 is 10.1 Å². The fourth-order valence-electron chi connectivity index (χ4n) is 1.38. The Morgan fingerprint density at radius 2 is 2.32 bits per heavy atom. The largest absolute Gasteiger partial charge is 0.383 e. The average molecular weight is 282 g/mol. The lowest BCUT2D eigenvalue weighted by molar-refractivity contribution is 0.102. The molecule has 0 spiro atoms. The first-order valence-electron chi connectivity index (χ1n) is 5.49. The van der Waals surface area contributed by atoms with Crippen molar-refractivity contribution in [2.75, 3.05) is 19.0 Å². The van der Waals surface area contributed by atoms with Gasteiger partial charge in [-0.25, -0.2) is 4.98 Å². The Labute approximate surface area is 114 Å². The molecule has 100 valence electrons. The van der Waals surface area contributed by atoms with Crippen LogP contribution in [0, 0.1) is 0 Å². The highest BCUT2D eigenvalue weighted by molar-refractivity contribution is 6.29. The zero-order valence-corrected chi connectivity index (χ0v) is 11.0. The van der Waals surface area contributed by atoms with Gasteiger partial charge in [0.15, 0.2) is 0 Å². The third-order valence-corrected chi connectivity index (χ3v) is 2.44. The summed E-state index contributed by atoms with van der Waals surface area (Å²) >= 11 is 5.67. The Kier molecular flexibility index (Phi) is 4.43. The number of carbonyl (C=O) groups excluding carboxylic acids is 1. The molecule has 0 aliphatic rings. The van der Waals surface area contributed by atoms with Gasteiger partial charge in [-0.2, -0.15) is 5.10 Å². The van der Waals surface area contributed by atoms with E-state index in [1.54, 1.807) is 24.2 Å². The second-order valence-corrected chi connectivity index (χ2v) is 4.05. The highest BCUT2D eigenvalue weighted by Crippen LogP contribution is 2.08. The van der Waals surface area contributed by atoms with Gasteiger partial charge in [0.25, 0.3) is 5.91 Å². The lowest BCUT2D eigenvalue weighted by Gasteiger charge is -2.01. The minimum Gasteiger partial charge on any atom is -0.383 e. The van der Waals surface area contributed by atoms with E-state index in [0.717, 1.165) is 0 Å². The highest BCUT2D eigenvalue weighted by Gasteiger charge is 2.10. The summed E-state index contributed by atoms with van der Waals surface area (Å²) in [6.07, 6.45) is 5.96. The molecule has 0 bridgehead atoms. The molecule has 0 saturated carbocycles. The predicted molar refractivity (Wildman–Crippen MR) is 69.1 cm³/mol. The summed E-state index contributed by atoms with van der Waals surface area (Å²) in [5.74, 6) is -0.388. The van der Waals surface area contributed by atoms with Crippen LogP contribution in [0.25, 0.3) is 0 Å². The molecular formula is C11H12ClN5O2. The van der Waals surface area contributed by atoms with E-state index in [9.17, 15) is 4.79 Å². The van der Waals surface area contributed by atoms with E-state index < -0.39 is 0 Å². The Bertz CT molecular complexity index is 572. The van der Waals surface area contributed by atoms with Gasteiger partial charge in [-0.15, -0.1) is 0 Å². The molecule has 7 nitrogen and oxygen atoms in total. The second-order valence-electron chi connectivity index (χ2n) is 3.67. The van der Waals surface area contributed by atoms with Gasteiger partial charge in [0.05, 0.1) is 37.4 Å². The molecule has 2 aromatic heterocycles. The molecule has 0 unspecified atom stereocenters. The number of ether oxygens (including phenoxy) is 1. The number of anilines is 1. The lowest BCUT2D eigenvalue weighted by Crippen LogP contribution is -2.13. The molecule has 2 heterocycles. The Hall–Kier alpha value is -1.99. The molecule has 2 aromatic rings. The molecular weight excluding hydrogens is 270 g/mol. The number of hydrogen-bond acceptors (Lipinski definition) is 5. The molecule has 0 aromatic carbocycles. The van der Waals surface area contributed by atoms with Crippen molar-refractivity contribution in [2.45, 2.75) is 6.54 Å². The maximum absolute atomic E-state index is 11.9. The topological polar surface area (TPSA) is 81.9 Å². The summed E-state index contributed by atoms with van der Waals surface area (Å²) in [4.78, 5) is 19.5. The molecule has 0 fully saturated rings. The molecule has 0 saturated heterocycles. The van der Waals surface area contributed by atoms with Gasteiger partial charge in [-0.05, 0) is 0 Å². The van der Waals surface area contributed by atoms with Gasteiger partial charge in [-0.1, -0.05) is 11.6 Å². The lowest BCUT2D eigenvalue weighted by atomic mass is 10.4. The molecule has 8 heteroatoms. The Balaban J connectivity index is 2.00. The second kappa shape index (κ2) is 6.26. The van der Waals surface area contributed by atoms with Gasteiger partial charge in [-0.3, -0.25) is 14.5 Å². The summed E-state index contributed by atoms with van der Waals surface area (Å²) in [5.41, 5.74) is 0.722. The Morgan fingerprint density at radius 3 is 3.05 bits per heavy atom. The van der Waals surface area contributed by atoms with Crippen LogP contribution < -0.4 is 5.32 Å². The van der Waals surface area contributed by atoms with Crippen LogP contribution in [0.4, 0.5) is 5.69 Å². The van der Waals surface area contributed by atoms with E-state index in [4.69, 9.17) is 16.3 Å². The fourth-order valence-corrected chi connectivity index (χ4v) is 1.53. The van der Waals surface area contributed by atoms with Crippen LogP contribution in [0.15, 0.2) is 24.8 Å². The number of aromatic nitrogens is 4. The van der Waals surface area contributed by atoms with Gasteiger partial charge in [0.2, 0.25) is 0 Å². The van der Waals surface area contributed by atoms with Crippen molar-refractivity contribution in [3.63, 3.8) is 0 Å². The first-order chi connectivity index (χ1) is 9.19. The number of methoxy groups -OCH3 is 1. The first kappa shape index (κ1) is 13.4. The first-order valence-corrected chi connectivity index (χ1v) is 5.87. The van der Waals surface area contributed by atoms with Crippen LogP contribution in [0.1, 0.15) is 10.5 Å². The van der Waals surface area contributed by atoms with Crippen LogP contribution >= 0.6 is 11.6 Å². The van der Waals surface area contributed by atoms with Crippen molar-refractivity contribution in [3.05, 3.63) is 35.6 Å². The monoisotopic (exact) mass is 281 g/mol. The molecule has 2 rings (SSSR count). The van der Waals surface area contributed by atoms with Crippen LogP contribution in [0.3, 0.4) is 0 Å². The van der Waals surface area contributed by atoms with Gasteiger partial charge in [0.1, 0.15) is 10.8 Å². The zero-order chi connectivity index (χ0) is 13.7. The van der Waals surface area contributed by atoms with E-state index in [1.807, 2.05) is 0 Å². The predicted octanol–water partition coefficient (Wildman–Crippen LogP) is 1.23. The quantitative estimate of drug-likeness (QED) is 0.891. The number of hydrogen-bond donors (Lipinski definition) is 1. The molecule has 1 N–H and O–H groups in total. The maximum atomic E-state index is 11.9. The Morgan fingerprint density at radius 1 is 1.47 bits per heavy atom. The van der Waals surface area contributed by atoms with E-state index in [2.05, 4.69) is 20.4 Å². The van der Waals surface area contributed by atoms with Gasteiger partial charge >= 0.3 is 0 Å². The van der Waals surface area contributed by atoms with Crippen LogP contribution in [0.2, 0.25) is 5.15 Å². The summed E-state index contributed by atoms with van der Waals surface area (Å²) < 4.78 is 6.61. The zero-order valence-electron chi connectivity index (χ0n) is 10.2. The molecule has 0 radical (unpaired) electrons. The molecule has 0 atom stereocenters. The van der Waals surface area contributed by atoms with Crippen molar-refractivity contribution >= 4 is 23.2 Å². The van der Waals surface area contributed by atoms with E-state index >= 15 is 0 Å². The standard InChI is InChI=1S/C11H12ClN5O2/c1-19-3-2-17-7-8(4-14-17)15-11(18)9-5-13-6-10(12)16-9/h4-7H,2-3H2,1H3,(H,15,18). The molecule has 1 amide bonds. The van der Waals surface area contributed by atoms with Crippen molar-refractivity contribution < 1.29 is 9.53 Å². The van der Waals surface area contributed by atoms with E-state index in [1.165, 1.54) is 12.4 Å². The average Bonchev–Trinajstić information content (AvgIpc) is 2.84. The number of nitrogens with zero attached hydrogens (tertiary/aromatic N) is 4. The van der Waals surface area contributed by atoms with Crippen LogP contribution in [-0.2, 0) is 11.3 Å². The number of rotatable bonds is 5. The summed E-state index contributed by atoms with van der Waals surface area (Å²) in [5, 5.41) is 6.91. The smallest absolute Gasteiger partial charge is 0.276 e.